The minimum atomic E-state index is -0.269. The molecular weight excluding hydrogens is 379 g/mol. The zero-order valence-electron chi connectivity index (χ0n) is 14.3. The van der Waals surface area contributed by atoms with Crippen LogP contribution >= 0.6 is 35.0 Å². The van der Waals surface area contributed by atoms with E-state index < -0.39 is 0 Å². The fraction of sp³-hybridized carbons (Fsp3) is 0.353. The van der Waals surface area contributed by atoms with Gasteiger partial charge < -0.3 is 5.32 Å². The van der Waals surface area contributed by atoms with Gasteiger partial charge in [-0.3, -0.25) is 9.36 Å². The van der Waals surface area contributed by atoms with Gasteiger partial charge in [-0.05, 0) is 39.0 Å². The maximum Gasteiger partial charge on any atom is 0.230 e. The average molecular weight is 399 g/mol. The highest BCUT2D eigenvalue weighted by Crippen LogP contribution is 2.31. The average Bonchev–Trinajstić information content (AvgIpc) is 2.87. The predicted molar refractivity (Wildman–Crippen MR) is 104 cm³/mol. The van der Waals surface area contributed by atoms with Gasteiger partial charge in [-0.2, -0.15) is 0 Å². The third kappa shape index (κ3) is 5.49. The lowest BCUT2D eigenvalue weighted by Gasteiger charge is -2.20. The van der Waals surface area contributed by atoms with Crippen LogP contribution in [0, 0.1) is 0 Å². The predicted octanol–water partition coefficient (Wildman–Crippen LogP) is 4.44. The van der Waals surface area contributed by atoms with Crippen LogP contribution in [-0.2, 0) is 11.3 Å². The number of hydrogen-bond acceptors (Lipinski definition) is 4. The van der Waals surface area contributed by atoms with Crippen LogP contribution < -0.4 is 5.32 Å². The van der Waals surface area contributed by atoms with Crippen molar-refractivity contribution < 1.29 is 4.79 Å². The summed E-state index contributed by atoms with van der Waals surface area (Å²) in [6.45, 7) is 10.1. The summed E-state index contributed by atoms with van der Waals surface area (Å²) in [5.41, 5.74) is 0.459. The van der Waals surface area contributed by atoms with Crippen LogP contribution in [0.5, 0.6) is 0 Å². The molecule has 1 N–H and O–H groups in total. The minimum absolute atomic E-state index is 0.0586. The molecule has 1 aromatic heterocycles. The number of carbonyl (C=O) groups excluding carboxylic acids is 1. The number of benzene rings is 1. The number of carbonyl (C=O) groups is 1. The standard InChI is InChI=1S/C17H20Cl2N4OS/c1-5-8-23-15(12-7-6-11(18)9-13(12)19)21-22-16(23)25-10-14(24)20-17(2,3)4/h5-7,9H,1,8,10H2,2-4H3,(H,20,24). The topological polar surface area (TPSA) is 59.8 Å². The summed E-state index contributed by atoms with van der Waals surface area (Å²) in [5, 5.41) is 13.0. The molecule has 1 aromatic carbocycles. The molecule has 0 spiro atoms. The van der Waals surface area contributed by atoms with Crippen molar-refractivity contribution in [3.05, 3.63) is 40.9 Å². The SMILES string of the molecule is C=CCn1c(SCC(=O)NC(C)(C)C)nnc1-c1ccc(Cl)cc1Cl. The van der Waals surface area contributed by atoms with Crippen LogP contribution in [0.15, 0.2) is 36.0 Å². The summed E-state index contributed by atoms with van der Waals surface area (Å²) >= 11 is 13.6. The maximum atomic E-state index is 12.0. The van der Waals surface area contributed by atoms with E-state index in [1.54, 1.807) is 24.3 Å². The fourth-order valence-corrected chi connectivity index (χ4v) is 3.38. The third-order valence-electron chi connectivity index (χ3n) is 3.05. The van der Waals surface area contributed by atoms with Crippen LogP contribution in [0.2, 0.25) is 10.0 Å². The van der Waals surface area contributed by atoms with Crippen molar-refractivity contribution in [2.45, 2.75) is 38.0 Å². The first kappa shape index (κ1) is 19.8. The molecule has 5 nitrogen and oxygen atoms in total. The number of halogens is 2. The molecule has 0 fully saturated rings. The molecule has 0 unspecified atom stereocenters. The van der Waals surface area contributed by atoms with E-state index in [4.69, 9.17) is 23.2 Å². The van der Waals surface area contributed by atoms with E-state index in [-0.39, 0.29) is 17.2 Å². The molecule has 1 amide bonds. The molecule has 0 bridgehead atoms. The molecule has 8 heteroatoms. The second kappa shape index (κ2) is 8.25. The van der Waals surface area contributed by atoms with Crippen molar-refractivity contribution in [3.8, 4) is 11.4 Å². The minimum Gasteiger partial charge on any atom is -0.351 e. The number of allylic oxidation sites excluding steroid dienone is 1. The Morgan fingerprint density at radius 3 is 2.68 bits per heavy atom. The summed E-state index contributed by atoms with van der Waals surface area (Å²) in [4.78, 5) is 12.0. The van der Waals surface area contributed by atoms with E-state index >= 15 is 0 Å². The fourth-order valence-electron chi connectivity index (χ4n) is 2.14. The first-order valence-electron chi connectivity index (χ1n) is 7.64. The Balaban J connectivity index is 2.24. The molecular formula is C17H20Cl2N4OS. The third-order valence-corrected chi connectivity index (χ3v) is 4.56. The van der Waals surface area contributed by atoms with Gasteiger partial charge in [0, 0.05) is 22.7 Å². The Kier molecular flexibility index (Phi) is 6.54. The molecule has 1 heterocycles. The second-order valence-electron chi connectivity index (χ2n) is 6.42. The quantitative estimate of drug-likeness (QED) is 0.576. The van der Waals surface area contributed by atoms with Gasteiger partial charge in [0.1, 0.15) is 0 Å². The lowest BCUT2D eigenvalue weighted by molar-refractivity contribution is -0.119. The number of rotatable bonds is 6. The summed E-state index contributed by atoms with van der Waals surface area (Å²) in [6.07, 6.45) is 1.75. The first-order chi connectivity index (χ1) is 11.7. The number of thioether (sulfide) groups is 1. The van der Waals surface area contributed by atoms with Crippen LogP contribution in [0.3, 0.4) is 0 Å². The zero-order chi connectivity index (χ0) is 18.6. The summed E-state index contributed by atoms with van der Waals surface area (Å²) < 4.78 is 1.87. The Hall–Kier alpha value is -1.50. The number of nitrogens with one attached hydrogen (secondary N) is 1. The van der Waals surface area contributed by atoms with E-state index in [1.807, 2.05) is 25.3 Å². The van der Waals surface area contributed by atoms with Gasteiger partial charge in [0.05, 0.1) is 10.8 Å². The molecule has 0 atom stereocenters. The molecule has 0 saturated heterocycles. The Labute approximate surface area is 161 Å². The Morgan fingerprint density at radius 1 is 1.36 bits per heavy atom. The molecule has 0 saturated carbocycles. The molecule has 2 aromatic rings. The normalized spacial score (nSPS) is 11.4. The molecule has 134 valence electrons. The highest BCUT2D eigenvalue weighted by molar-refractivity contribution is 7.99. The van der Waals surface area contributed by atoms with Crippen LogP contribution in [0.1, 0.15) is 20.8 Å². The van der Waals surface area contributed by atoms with Gasteiger partial charge in [0.2, 0.25) is 5.91 Å². The van der Waals surface area contributed by atoms with Crippen molar-refractivity contribution in [1.29, 1.82) is 0 Å². The van der Waals surface area contributed by atoms with Crippen LogP contribution in [0.4, 0.5) is 0 Å². The molecule has 25 heavy (non-hydrogen) atoms. The summed E-state index contributed by atoms with van der Waals surface area (Å²) in [7, 11) is 0. The van der Waals surface area contributed by atoms with Gasteiger partial charge in [0.25, 0.3) is 0 Å². The van der Waals surface area contributed by atoms with Crippen molar-refractivity contribution in [2.24, 2.45) is 0 Å². The van der Waals surface area contributed by atoms with Crippen LogP contribution in [0.25, 0.3) is 11.4 Å². The van der Waals surface area contributed by atoms with Crippen molar-refractivity contribution in [1.82, 2.24) is 20.1 Å². The number of aromatic nitrogens is 3. The molecule has 2 rings (SSSR count). The Morgan fingerprint density at radius 2 is 2.08 bits per heavy atom. The van der Waals surface area contributed by atoms with E-state index in [9.17, 15) is 4.79 Å². The number of hydrogen-bond donors (Lipinski definition) is 1. The van der Waals surface area contributed by atoms with Gasteiger partial charge in [0.15, 0.2) is 11.0 Å². The van der Waals surface area contributed by atoms with Gasteiger partial charge in [-0.1, -0.05) is 41.0 Å². The number of amides is 1. The largest absolute Gasteiger partial charge is 0.351 e. The Bertz CT molecular complexity index is 783. The summed E-state index contributed by atoms with van der Waals surface area (Å²) in [6, 6.07) is 5.21. The van der Waals surface area contributed by atoms with Gasteiger partial charge >= 0.3 is 0 Å². The highest BCUT2D eigenvalue weighted by atomic mass is 35.5. The van der Waals surface area contributed by atoms with Gasteiger partial charge in [-0.25, -0.2) is 0 Å². The zero-order valence-corrected chi connectivity index (χ0v) is 16.7. The molecule has 0 aliphatic heterocycles. The molecule has 0 aliphatic rings. The lowest BCUT2D eigenvalue weighted by Crippen LogP contribution is -2.41. The van der Waals surface area contributed by atoms with E-state index in [1.165, 1.54) is 11.8 Å². The van der Waals surface area contributed by atoms with E-state index in [2.05, 4.69) is 22.1 Å². The summed E-state index contributed by atoms with van der Waals surface area (Å²) in [5.74, 6) is 0.804. The molecule has 0 aliphatic carbocycles. The molecule has 0 radical (unpaired) electrons. The van der Waals surface area contributed by atoms with Crippen molar-refractivity contribution >= 4 is 40.9 Å². The van der Waals surface area contributed by atoms with Crippen LogP contribution in [-0.4, -0.2) is 32.0 Å². The lowest BCUT2D eigenvalue weighted by atomic mass is 10.1. The van der Waals surface area contributed by atoms with Crippen molar-refractivity contribution in [2.75, 3.05) is 5.75 Å². The van der Waals surface area contributed by atoms with E-state index in [0.717, 1.165) is 5.56 Å². The maximum absolute atomic E-state index is 12.0. The van der Waals surface area contributed by atoms with Gasteiger partial charge in [-0.15, -0.1) is 16.8 Å². The second-order valence-corrected chi connectivity index (χ2v) is 8.20. The smallest absolute Gasteiger partial charge is 0.230 e. The monoisotopic (exact) mass is 398 g/mol. The first-order valence-corrected chi connectivity index (χ1v) is 9.39. The van der Waals surface area contributed by atoms with E-state index in [0.29, 0.717) is 27.6 Å². The van der Waals surface area contributed by atoms with Crippen molar-refractivity contribution in [3.63, 3.8) is 0 Å². The number of nitrogens with zero attached hydrogens (tertiary/aromatic N) is 3. The highest BCUT2D eigenvalue weighted by Gasteiger charge is 2.18.